The van der Waals surface area contributed by atoms with Crippen LogP contribution in [0, 0.1) is 6.92 Å². The first-order valence-corrected chi connectivity index (χ1v) is 5.27. The molecule has 5 nitrogen and oxygen atoms in total. The van der Waals surface area contributed by atoms with Crippen molar-refractivity contribution in [2.24, 2.45) is 5.73 Å². The maximum atomic E-state index is 11.4. The van der Waals surface area contributed by atoms with Crippen LogP contribution in [0.25, 0.3) is 5.69 Å². The molecule has 1 aromatic heterocycles. The number of aromatic nitrogens is 2. The van der Waals surface area contributed by atoms with Gasteiger partial charge in [-0.2, -0.15) is 5.10 Å². The number of carbonyl (C=O) groups excluding carboxylic acids is 1. The topological polar surface area (TPSA) is 86.9 Å². The zero-order valence-corrected chi connectivity index (χ0v) is 9.90. The van der Waals surface area contributed by atoms with Gasteiger partial charge in [0.15, 0.2) is 0 Å². The van der Waals surface area contributed by atoms with E-state index in [-0.39, 0.29) is 5.56 Å². The highest BCUT2D eigenvalue weighted by molar-refractivity contribution is 6.33. The van der Waals surface area contributed by atoms with Crippen molar-refractivity contribution in [3.05, 3.63) is 40.7 Å². The van der Waals surface area contributed by atoms with Gasteiger partial charge in [-0.3, -0.25) is 4.79 Å². The Bertz CT molecular complexity index is 591. The van der Waals surface area contributed by atoms with Gasteiger partial charge in [0.25, 0.3) is 5.91 Å². The van der Waals surface area contributed by atoms with Crippen molar-refractivity contribution in [1.29, 1.82) is 0 Å². The number of nitrogens with two attached hydrogens (primary N) is 2. The third-order valence-corrected chi connectivity index (χ3v) is 2.58. The molecule has 1 heterocycles. The molecule has 0 unspecified atom stereocenters. The highest BCUT2D eigenvalue weighted by atomic mass is 35.5. The number of rotatable bonds is 2. The molecule has 0 radical (unpaired) electrons. The van der Waals surface area contributed by atoms with Crippen LogP contribution in [0.2, 0.25) is 5.02 Å². The summed E-state index contributed by atoms with van der Waals surface area (Å²) in [6, 6.07) is 3.04. The largest absolute Gasteiger partial charge is 0.399 e. The number of hydrogen-bond acceptors (Lipinski definition) is 3. The molecule has 2 aromatic rings. The molecule has 2 rings (SSSR count). The summed E-state index contributed by atoms with van der Waals surface area (Å²) in [5, 5.41) is 4.44. The summed E-state index contributed by atoms with van der Waals surface area (Å²) >= 11 is 6.07. The Morgan fingerprint density at radius 3 is 2.71 bits per heavy atom. The van der Waals surface area contributed by atoms with Crippen molar-refractivity contribution in [2.75, 3.05) is 5.73 Å². The van der Waals surface area contributed by atoms with Gasteiger partial charge < -0.3 is 11.5 Å². The summed E-state index contributed by atoms with van der Waals surface area (Å²) in [5.74, 6) is -0.595. The second-order valence-electron chi connectivity index (χ2n) is 3.73. The van der Waals surface area contributed by atoms with Crippen LogP contribution in [0.3, 0.4) is 0 Å². The number of amides is 1. The van der Waals surface area contributed by atoms with Crippen LogP contribution in [0.5, 0.6) is 0 Å². The predicted molar refractivity (Wildman–Crippen MR) is 66.2 cm³/mol. The van der Waals surface area contributed by atoms with E-state index < -0.39 is 5.91 Å². The van der Waals surface area contributed by atoms with E-state index in [9.17, 15) is 4.79 Å². The van der Waals surface area contributed by atoms with E-state index >= 15 is 0 Å². The van der Waals surface area contributed by atoms with Crippen molar-refractivity contribution >= 4 is 23.2 Å². The average molecular weight is 251 g/mol. The van der Waals surface area contributed by atoms with Crippen LogP contribution < -0.4 is 11.5 Å². The third-order valence-electron chi connectivity index (χ3n) is 2.29. The van der Waals surface area contributed by atoms with Crippen LogP contribution >= 0.6 is 11.6 Å². The number of nitrogens with zero attached hydrogens (tertiary/aromatic N) is 2. The first-order chi connectivity index (χ1) is 7.99. The van der Waals surface area contributed by atoms with E-state index in [2.05, 4.69) is 5.10 Å². The molecule has 0 aliphatic heterocycles. The third kappa shape index (κ3) is 2.09. The number of halogens is 1. The molecule has 88 valence electrons. The number of aryl methyl sites for hydroxylation is 1. The Morgan fingerprint density at radius 1 is 1.47 bits per heavy atom. The quantitative estimate of drug-likeness (QED) is 0.792. The van der Waals surface area contributed by atoms with Crippen molar-refractivity contribution in [3.8, 4) is 5.69 Å². The van der Waals surface area contributed by atoms with Gasteiger partial charge in [0.2, 0.25) is 0 Å². The van der Waals surface area contributed by atoms with Gasteiger partial charge in [-0.1, -0.05) is 11.6 Å². The van der Waals surface area contributed by atoms with Crippen LogP contribution in [-0.4, -0.2) is 15.7 Å². The Kier molecular flexibility index (Phi) is 2.77. The minimum Gasteiger partial charge on any atom is -0.399 e. The summed E-state index contributed by atoms with van der Waals surface area (Å²) in [6.07, 6.45) is 3.42. The average Bonchev–Trinajstić information content (AvgIpc) is 2.63. The fourth-order valence-electron chi connectivity index (χ4n) is 1.58. The highest BCUT2D eigenvalue weighted by Gasteiger charge is 2.15. The summed E-state index contributed by atoms with van der Waals surface area (Å²) < 4.78 is 1.51. The Labute approximate surface area is 103 Å². The van der Waals surface area contributed by atoms with E-state index in [4.69, 9.17) is 23.1 Å². The molecule has 0 atom stereocenters. The molecule has 1 aromatic carbocycles. The molecule has 0 fully saturated rings. The van der Waals surface area contributed by atoms with Crippen molar-refractivity contribution < 1.29 is 4.79 Å². The smallest absolute Gasteiger partial charge is 0.251 e. The Balaban J connectivity index is 2.71. The molecular weight excluding hydrogens is 240 g/mol. The summed E-state index contributed by atoms with van der Waals surface area (Å²) in [6.45, 7) is 1.89. The van der Waals surface area contributed by atoms with Crippen molar-refractivity contribution in [2.45, 2.75) is 6.92 Å². The Morgan fingerprint density at radius 2 is 2.18 bits per heavy atom. The van der Waals surface area contributed by atoms with E-state index in [0.717, 1.165) is 5.56 Å². The van der Waals surface area contributed by atoms with Crippen LogP contribution in [0.4, 0.5) is 5.69 Å². The number of anilines is 1. The molecule has 4 N–H and O–H groups in total. The van der Waals surface area contributed by atoms with Gasteiger partial charge in [-0.25, -0.2) is 4.68 Å². The van der Waals surface area contributed by atoms with E-state index in [1.807, 2.05) is 6.92 Å². The normalized spacial score (nSPS) is 10.5. The van der Waals surface area contributed by atoms with Gasteiger partial charge >= 0.3 is 0 Å². The second kappa shape index (κ2) is 4.10. The maximum Gasteiger partial charge on any atom is 0.251 e. The molecular formula is C11H11ClN4O. The fourth-order valence-corrected chi connectivity index (χ4v) is 1.89. The lowest BCUT2D eigenvalue weighted by molar-refractivity contribution is 0.1000. The number of carbonyl (C=O) groups is 1. The van der Waals surface area contributed by atoms with Gasteiger partial charge in [-0.15, -0.1) is 0 Å². The SMILES string of the molecule is Cc1cnn(-c2c(Cl)cc(N)cc2C(N)=O)c1. The molecule has 17 heavy (non-hydrogen) atoms. The van der Waals surface area contributed by atoms with Gasteiger partial charge in [0.1, 0.15) is 0 Å². The van der Waals surface area contributed by atoms with Crippen LogP contribution in [-0.2, 0) is 0 Å². The van der Waals surface area contributed by atoms with Crippen LogP contribution in [0.1, 0.15) is 15.9 Å². The molecule has 6 heteroatoms. The van der Waals surface area contributed by atoms with Crippen molar-refractivity contribution in [1.82, 2.24) is 9.78 Å². The molecule has 0 saturated carbocycles. The second-order valence-corrected chi connectivity index (χ2v) is 4.13. The monoisotopic (exact) mass is 250 g/mol. The first kappa shape index (κ1) is 11.5. The van der Waals surface area contributed by atoms with Gasteiger partial charge in [0, 0.05) is 11.9 Å². The molecule has 0 spiro atoms. The lowest BCUT2D eigenvalue weighted by atomic mass is 10.1. The summed E-state index contributed by atoms with van der Waals surface area (Å²) in [7, 11) is 0. The van der Waals surface area contributed by atoms with Crippen LogP contribution in [0.15, 0.2) is 24.5 Å². The zero-order valence-electron chi connectivity index (χ0n) is 9.14. The number of nitrogen functional groups attached to an aromatic ring is 1. The number of hydrogen-bond donors (Lipinski definition) is 2. The van der Waals surface area contributed by atoms with E-state index in [1.165, 1.54) is 10.7 Å². The molecule has 0 bridgehead atoms. The predicted octanol–water partition coefficient (Wildman–Crippen LogP) is 1.52. The Hall–Kier alpha value is -2.01. The molecule has 1 amide bonds. The van der Waals surface area contributed by atoms with Crippen molar-refractivity contribution in [3.63, 3.8) is 0 Å². The van der Waals surface area contributed by atoms with E-state index in [1.54, 1.807) is 18.5 Å². The summed E-state index contributed by atoms with van der Waals surface area (Å²) in [5.41, 5.74) is 13.0. The minimum atomic E-state index is -0.595. The highest BCUT2D eigenvalue weighted by Crippen LogP contribution is 2.27. The fraction of sp³-hybridized carbons (Fsp3) is 0.0909. The number of benzene rings is 1. The minimum absolute atomic E-state index is 0.248. The zero-order chi connectivity index (χ0) is 12.6. The maximum absolute atomic E-state index is 11.4. The first-order valence-electron chi connectivity index (χ1n) is 4.89. The summed E-state index contributed by atoms with van der Waals surface area (Å²) in [4.78, 5) is 11.4. The van der Waals surface area contributed by atoms with Gasteiger partial charge in [0.05, 0.1) is 22.5 Å². The molecule has 0 aliphatic carbocycles. The standard InChI is InChI=1S/C11H11ClN4O/c1-6-4-15-16(5-6)10-8(11(14)17)2-7(13)3-9(10)12/h2-5H,13H2,1H3,(H2,14,17). The molecule has 0 saturated heterocycles. The van der Waals surface area contributed by atoms with E-state index in [0.29, 0.717) is 16.4 Å². The lowest BCUT2D eigenvalue weighted by Crippen LogP contribution is -2.16. The van der Waals surface area contributed by atoms with Gasteiger partial charge in [-0.05, 0) is 24.6 Å². The lowest BCUT2D eigenvalue weighted by Gasteiger charge is -2.10. The molecule has 0 aliphatic rings. The number of primary amides is 1.